The summed E-state index contributed by atoms with van der Waals surface area (Å²) >= 11 is 5.91. The Morgan fingerprint density at radius 1 is 1.40 bits per heavy atom. The second kappa shape index (κ2) is 6.00. The highest BCUT2D eigenvalue weighted by Crippen LogP contribution is 2.12. The fraction of sp³-hybridized carbons (Fsp3) is 0.600. The molecule has 1 aromatic heterocycles. The quantitative estimate of drug-likeness (QED) is 0.828. The first-order valence-corrected chi connectivity index (χ1v) is 5.33. The molecule has 0 saturated heterocycles. The van der Waals surface area contributed by atoms with Gasteiger partial charge in [-0.2, -0.15) is 0 Å². The number of aliphatic hydroxyl groups excluding tert-OH is 1. The lowest BCUT2D eigenvalue weighted by atomic mass is 10.3. The van der Waals surface area contributed by atoms with E-state index in [9.17, 15) is 0 Å². The summed E-state index contributed by atoms with van der Waals surface area (Å²) in [6, 6.07) is 0.343. The summed E-state index contributed by atoms with van der Waals surface area (Å²) in [6.07, 6.45) is 3.19. The van der Waals surface area contributed by atoms with Crippen molar-refractivity contribution in [3.63, 3.8) is 0 Å². The van der Waals surface area contributed by atoms with Crippen LogP contribution in [0.15, 0.2) is 12.4 Å². The summed E-state index contributed by atoms with van der Waals surface area (Å²) in [5.74, 6) is 0. The number of hydrogen-bond donors (Lipinski definition) is 1. The Bertz CT molecular complexity index is 306. The predicted molar refractivity (Wildman–Crippen MR) is 59.7 cm³/mol. The second-order valence-electron chi connectivity index (χ2n) is 3.58. The average Bonchev–Trinajstić information content (AvgIpc) is 2.20. The maximum atomic E-state index is 8.92. The van der Waals surface area contributed by atoms with Gasteiger partial charge in [-0.25, -0.2) is 4.98 Å². The van der Waals surface area contributed by atoms with Crippen molar-refractivity contribution in [1.29, 1.82) is 0 Å². The SMILES string of the molecule is CC(C)N(CCO)Cc1nccnc1Cl. The van der Waals surface area contributed by atoms with Gasteiger partial charge in [0.25, 0.3) is 0 Å². The molecule has 0 aliphatic heterocycles. The first kappa shape index (κ1) is 12.4. The lowest BCUT2D eigenvalue weighted by molar-refractivity contribution is 0.158. The van der Waals surface area contributed by atoms with Crippen LogP contribution in [0, 0.1) is 0 Å². The third-order valence-electron chi connectivity index (χ3n) is 2.19. The molecule has 4 nitrogen and oxygen atoms in total. The summed E-state index contributed by atoms with van der Waals surface area (Å²) in [4.78, 5) is 10.2. The third kappa shape index (κ3) is 3.74. The summed E-state index contributed by atoms with van der Waals surface area (Å²) in [7, 11) is 0. The third-order valence-corrected chi connectivity index (χ3v) is 2.51. The number of nitrogens with zero attached hydrogens (tertiary/aromatic N) is 3. The first-order valence-electron chi connectivity index (χ1n) is 4.95. The largest absolute Gasteiger partial charge is 0.395 e. The second-order valence-corrected chi connectivity index (χ2v) is 3.94. The van der Waals surface area contributed by atoms with E-state index < -0.39 is 0 Å². The van der Waals surface area contributed by atoms with Crippen molar-refractivity contribution in [2.45, 2.75) is 26.4 Å². The lowest BCUT2D eigenvalue weighted by Crippen LogP contribution is -2.33. The van der Waals surface area contributed by atoms with Crippen LogP contribution in [0.2, 0.25) is 5.15 Å². The van der Waals surface area contributed by atoms with Gasteiger partial charge in [0.2, 0.25) is 0 Å². The molecule has 5 heteroatoms. The van der Waals surface area contributed by atoms with Crippen molar-refractivity contribution in [2.75, 3.05) is 13.2 Å². The molecule has 0 saturated carbocycles. The molecule has 0 atom stereocenters. The molecule has 0 amide bonds. The minimum Gasteiger partial charge on any atom is -0.395 e. The molecule has 1 heterocycles. The van der Waals surface area contributed by atoms with E-state index in [1.807, 2.05) is 0 Å². The molecule has 0 radical (unpaired) electrons. The molecule has 0 aliphatic rings. The van der Waals surface area contributed by atoms with Gasteiger partial charge in [0, 0.05) is 31.5 Å². The van der Waals surface area contributed by atoms with Crippen LogP contribution >= 0.6 is 11.6 Å². The molecule has 0 fully saturated rings. The smallest absolute Gasteiger partial charge is 0.151 e. The molecule has 1 N–H and O–H groups in total. The maximum Gasteiger partial charge on any atom is 0.151 e. The van der Waals surface area contributed by atoms with Crippen molar-refractivity contribution in [3.8, 4) is 0 Å². The highest BCUT2D eigenvalue weighted by molar-refractivity contribution is 6.29. The molecule has 1 rings (SSSR count). The van der Waals surface area contributed by atoms with Gasteiger partial charge in [-0.1, -0.05) is 11.6 Å². The van der Waals surface area contributed by atoms with E-state index in [0.29, 0.717) is 24.3 Å². The highest BCUT2D eigenvalue weighted by atomic mass is 35.5. The average molecular weight is 230 g/mol. The predicted octanol–water partition coefficient (Wildman–Crippen LogP) is 1.33. The van der Waals surface area contributed by atoms with Gasteiger partial charge in [-0.05, 0) is 13.8 Å². The fourth-order valence-corrected chi connectivity index (χ4v) is 1.46. The summed E-state index contributed by atoms with van der Waals surface area (Å²) in [5.41, 5.74) is 0.751. The molecule has 0 aliphatic carbocycles. The zero-order chi connectivity index (χ0) is 11.3. The van der Waals surface area contributed by atoms with Gasteiger partial charge in [-0.15, -0.1) is 0 Å². The number of rotatable bonds is 5. The van der Waals surface area contributed by atoms with Crippen LogP contribution in [0.3, 0.4) is 0 Å². The van der Waals surface area contributed by atoms with Crippen LogP contribution in [-0.2, 0) is 6.54 Å². The lowest BCUT2D eigenvalue weighted by Gasteiger charge is -2.25. The van der Waals surface area contributed by atoms with Crippen LogP contribution in [0.25, 0.3) is 0 Å². The normalized spacial score (nSPS) is 11.3. The van der Waals surface area contributed by atoms with E-state index in [2.05, 4.69) is 28.7 Å². The van der Waals surface area contributed by atoms with Crippen molar-refractivity contribution in [2.24, 2.45) is 0 Å². The summed E-state index contributed by atoms with van der Waals surface area (Å²) in [5, 5.41) is 9.35. The minimum absolute atomic E-state index is 0.135. The van der Waals surface area contributed by atoms with E-state index in [4.69, 9.17) is 16.7 Å². The molecular formula is C10H16ClN3O. The zero-order valence-electron chi connectivity index (χ0n) is 9.02. The van der Waals surface area contributed by atoms with Crippen LogP contribution in [-0.4, -0.2) is 39.2 Å². The number of aliphatic hydroxyl groups is 1. The zero-order valence-corrected chi connectivity index (χ0v) is 9.78. The van der Waals surface area contributed by atoms with Gasteiger partial charge in [-0.3, -0.25) is 9.88 Å². The van der Waals surface area contributed by atoms with Crippen LogP contribution in [0.4, 0.5) is 0 Å². The molecular weight excluding hydrogens is 214 g/mol. The van der Waals surface area contributed by atoms with Crippen molar-refractivity contribution in [3.05, 3.63) is 23.2 Å². The Morgan fingerprint density at radius 2 is 2.07 bits per heavy atom. The Balaban J connectivity index is 2.69. The summed E-state index contributed by atoms with van der Waals surface area (Å²) in [6.45, 7) is 5.51. The van der Waals surface area contributed by atoms with Crippen LogP contribution in [0.5, 0.6) is 0 Å². The van der Waals surface area contributed by atoms with Crippen molar-refractivity contribution >= 4 is 11.6 Å². The standard InChI is InChI=1S/C10H16ClN3O/c1-8(2)14(5-6-15)7-9-10(11)13-4-3-12-9/h3-4,8,15H,5-7H2,1-2H3. The molecule has 1 aromatic rings. The molecule has 0 spiro atoms. The monoisotopic (exact) mass is 229 g/mol. The van der Waals surface area contributed by atoms with Crippen molar-refractivity contribution < 1.29 is 5.11 Å². The molecule has 15 heavy (non-hydrogen) atoms. The molecule has 0 bridgehead atoms. The van der Waals surface area contributed by atoms with Gasteiger partial charge >= 0.3 is 0 Å². The first-order chi connectivity index (χ1) is 7.15. The van der Waals surface area contributed by atoms with Gasteiger partial charge in [0.15, 0.2) is 5.15 Å². The molecule has 84 valence electrons. The Labute approximate surface area is 94.9 Å². The van der Waals surface area contributed by atoms with E-state index in [0.717, 1.165) is 5.69 Å². The van der Waals surface area contributed by atoms with Crippen molar-refractivity contribution in [1.82, 2.24) is 14.9 Å². The van der Waals surface area contributed by atoms with E-state index in [1.165, 1.54) is 0 Å². The maximum absolute atomic E-state index is 8.92. The molecule has 0 aromatic carbocycles. The number of hydrogen-bond acceptors (Lipinski definition) is 4. The van der Waals surface area contributed by atoms with Crippen LogP contribution in [0.1, 0.15) is 19.5 Å². The highest BCUT2D eigenvalue weighted by Gasteiger charge is 2.12. The van der Waals surface area contributed by atoms with E-state index in [-0.39, 0.29) is 6.61 Å². The summed E-state index contributed by atoms with van der Waals surface area (Å²) < 4.78 is 0. The number of halogens is 1. The Morgan fingerprint density at radius 3 is 2.60 bits per heavy atom. The fourth-order valence-electron chi connectivity index (χ4n) is 1.30. The topological polar surface area (TPSA) is 49.2 Å². The Kier molecular flexibility index (Phi) is 4.94. The van der Waals surface area contributed by atoms with Crippen LogP contribution < -0.4 is 0 Å². The van der Waals surface area contributed by atoms with E-state index >= 15 is 0 Å². The van der Waals surface area contributed by atoms with Gasteiger partial charge < -0.3 is 5.11 Å². The van der Waals surface area contributed by atoms with E-state index in [1.54, 1.807) is 12.4 Å². The number of aromatic nitrogens is 2. The van der Waals surface area contributed by atoms with Gasteiger partial charge in [0.1, 0.15) is 0 Å². The minimum atomic E-state index is 0.135. The molecule has 0 unspecified atom stereocenters. The van der Waals surface area contributed by atoms with Gasteiger partial charge in [0.05, 0.1) is 12.3 Å². The Hall–Kier alpha value is -0.710.